The molecule has 0 radical (unpaired) electrons. The van der Waals surface area contributed by atoms with Gasteiger partial charge in [-0.15, -0.1) is 0 Å². The maximum atomic E-state index is 11.4. The number of amides is 1. The van der Waals surface area contributed by atoms with Crippen LogP contribution in [-0.4, -0.2) is 30.5 Å². The van der Waals surface area contributed by atoms with Gasteiger partial charge in [0.15, 0.2) is 0 Å². The summed E-state index contributed by atoms with van der Waals surface area (Å²) in [7, 11) is 1.93. The van der Waals surface area contributed by atoms with E-state index < -0.39 is 0 Å². The summed E-state index contributed by atoms with van der Waals surface area (Å²) >= 11 is 0. The van der Waals surface area contributed by atoms with Crippen molar-refractivity contribution in [2.45, 2.75) is 38.8 Å². The lowest BCUT2D eigenvalue weighted by atomic mass is 9.93. The molecule has 110 valence electrons. The third-order valence-electron chi connectivity index (χ3n) is 4.28. The van der Waals surface area contributed by atoms with Crippen LogP contribution >= 0.6 is 0 Å². The molecule has 1 aliphatic heterocycles. The molecule has 1 aromatic heterocycles. The van der Waals surface area contributed by atoms with E-state index in [2.05, 4.69) is 35.1 Å². The van der Waals surface area contributed by atoms with Crippen LogP contribution in [0.25, 0.3) is 0 Å². The van der Waals surface area contributed by atoms with Gasteiger partial charge in [-0.2, -0.15) is 0 Å². The summed E-state index contributed by atoms with van der Waals surface area (Å²) in [6.07, 6.45) is 3.75. The highest BCUT2D eigenvalue weighted by atomic mass is 16.1. The summed E-state index contributed by atoms with van der Waals surface area (Å²) in [5, 5.41) is 3.20. The van der Waals surface area contributed by atoms with Crippen molar-refractivity contribution >= 4 is 11.7 Å². The predicted molar refractivity (Wildman–Crippen MR) is 80.4 cm³/mol. The molecule has 0 bridgehead atoms. The topological polar surface area (TPSA) is 71.2 Å². The summed E-state index contributed by atoms with van der Waals surface area (Å²) in [6, 6.07) is 4.80. The molecular formula is C15H24N4O. The Morgan fingerprint density at radius 3 is 2.80 bits per heavy atom. The van der Waals surface area contributed by atoms with Crippen LogP contribution in [0.5, 0.6) is 0 Å². The van der Waals surface area contributed by atoms with Gasteiger partial charge in [0, 0.05) is 24.8 Å². The van der Waals surface area contributed by atoms with E-state index >= 15 is 0 Å². The van der Waals surface area contributed by atoms with Crippen LogP contribution in [0.1, 0.15) is 38.3 Å². The van der Waals surface area contributed by atoms with Crippen molar-refractivity contribution in [3.63, 3.8) is 0 Å². The average Bonchev–Trinajstić information content (AvgIpc) is 2.47. The van der Waals surface area contributed by atoms with Crippen molar-refractivity contribution in [2.24, 2.45) is 11.7 Å². The Morgan fingerprint density at radius 1 is 1.50 bits per heavy atom. The van der Waals surface area contributed by atoms with Crippen LogP contribution < -0.4 is 16.0 Å². The van der Waals surface area contributed by atoms with Gasteiger partial charge in [-0.1, -0.05) is 6.07 Å². The highest BCUT2D eigenvalue weighted by Crippen LogP contribution is 2.26. The van der Waals surface area contributed by atoms with Gasteiger partial charge in [-0.25, -0.2) is 4.98 Å². The second-order valence-electron chi connectivity index (χ2n) is 5.64. The number of anilines is 1. The second kappa shape index (κ2) is 6.22. The predicted octanol–water partition coefficient (Wildman–Crippen LogP) is 1.45. The highest BCUT2D eigenvalue weighted by Gasteiger charge is 2.29. The highest BCUT2D eigenvalue weighted by molar-refractivity contribution is 5.77. The van der Waals surface area contributed by atoms with Crippen LogP contribution in [-0.2, 0) is 4.79 Å². The molecule has 2 heterocycles. The normalized spacial score (nSPS) is 24.4. The Bertz CT molecular complexity index is 459. The Morgan fingerprint density at radius 2 is 2.25 bits per heavy atom. The van der Waals surface area contributed by atoms with Crippen molar-refractivity contribution in [3.8, 4) is 0 Å². The first-order valence-electron chi connectivity index (χ1n) is 7.22. The lowest BCUT2D eigenvalue weighted by molar-refractivity contribution is -0.122. The smallest absolute Gasteiger partial charge is 0.222 e. The first-order chi connectivity index (χ1) is 9.52. The molecule has 0 saturated carbocycles. The molecule has 1 saturated heterocycles. The van der Waals surface area contributed by atoms with E-state index in [9.17, 15) is 4.79 Å². The van der Waals surface area contributed by atoms with Crippen LogP contribution in [0.15, 0.2) is 18.3 Å². The molecule has 1 amide bonds. The minimum Gasteiger partial charge on any atom is -0.369 e. The van der Waals surface area contributed by atoms with Gasteiger partial charge in [0.05, 0.1) is 5.92 Å². The molecule has 1 fully saturated rings. The molecule has 1 aliphatic rings. The zero-order valence-electron chi connectivity index (χ0n) is 12.5. The molecule has 3 N–H and O–H groups in total. The SMILES string of the molecule is CNC(C)c1ccc(N2CC(C(N)=O)CCC2C)nc1. The van der Waals surface area contributed by atoms with Crippen molar-refractivity contribution in [2.75, 3.05) is 18.5 Å². The van der Waals surface area contributed by atoms with E-state index in [0.717, 1.165) is 24.2 Å². The Kier molecular flexibility index (Phi) is 4.60. The quantitative estimate of drug-likeness (QED) is 0.873. The van der Waals surface area contributed by atoms with Gasteiger partial charge >= 0.3 is 0 Å². The van der Waals surface area contributed by atoms with Gasteiger partial charge in [0.1, 0.15) is 5.82 Å². The number of primary amides is 1. The van der Waals surface area contributed by atoms with Crippen LogP contribution in [0, 0.1) is 5.92 Å². The number of carbonyl (C=O) groups is 1. The molecule has 5 nitrogen and oxygen atoms in total. The van der Waals surface area contributed by atoms with Gasteiger partial charge in [-0.3, -0.25) is 4.79 Å². The molecule has 0 spiro atoms. The summed E-state index contributed by atoms with van der Waals surface area (Å²) in [5.74, 6) is 0.654. The van der Waals surface area contributed by atoms with Crippen LogP contribution in [0.2, 0.25) is 0 Å². The third-order valence-corrected chi connectivity index (χ3v) is 4.28. The third kappa shape index (κ3) is 3.10. The van der Waals surface area contributed by atoms with Gasteiger partial charge in [0.25, 0.3) is 0 Å². The number of carbonyl (C=O) groups excluding carboxylic acids is 1. The standard InChI is InChI=1S/C15H24N4O/c1-10-4-5-13(15(16)20)9-19(10)14-7-6-12(8-18-14)11(2)17-3/h6-8,10-11,13,17H,4-5,9H2,1-3H3,(H2,16,20). The summed E-state index contributed by atoms with van der Waals surface area (Å²) < 4.78 is 0. The van der Waals surface area contributed by atoms with Crippen LogP contribution in [0.4, 0.5) is 5.82 Å². The summed E-state index contributed by atoms with van der Waals surface area (Å²) in [5.41, 5.74) is 6.60. The monoisotopic (exact) mass is 276 g/mol. The molecule has 0 aromatic carbocycles. The number of nitrogens with two attached hydrogens (primary N) is 1. The Labute approximate surface area is 120 Å². The number of nitrogens with zero attached hydrogens (tertiary/aromatic N) is 2. The number of rotatable bonds is 4. The Hall–Kier alpha value is -1.62. The molecule has 3 unspecified atom stereocenters. The molecule has 5 heteroatoms. The number of nitrogens with one attached hydrogen (secondary N) is 1. The fraction of sp³-hybridized carbons (Fsp3) is 0.600. The fourth-order valence-corrected chi connectivity index (χ4v) is 2.65. The Balaban J connectivity index is 2.14. The van der Waals surface area contributed by atoms with Crippen molar-refractivity contribution in [1.82, 2.24) is 10.3 Å². The number of pyridine rings is 1. The number of hydrogen-bond acceptors (Lipinski definition) is 4. The summed E-state index contributed by atoms with van der Waals surface area (Å²) in [6.45, 7) is 4.94. The minimum atomic E-state index is -0.206. The first-order valence-corrected chi connectivity index (χ1v) is 7.22. The van der Waals surface area contributed by atoms with Crippen molar-refractivity contribution in [3.05, 3.63) is 23.9 Å². The number of piperidine rings is 1. The minimum absolute atomic E-state index is 0.0658. The molecule has 1 aromatic rings. The van der Waals surface area contributed by atoms with Gasteiger partial charge in [0.2, 0.25) is 5.91 Å². The van der Waals surface area contributed by atoms with E-state index in [-0.39, 0.29) is 17.9 Å². The zero-order valence-corrected chi connectivity index (χ0v) is 12.5. The molecule has 2 rings (SSSR count). The van der Waals surface area contributed by atoms with Crippen molar-refractivity contribution in [1.29, 1.82) is 0 Å². The molecule has 3 atom stereocenters. The van der Waals surface area contributed by atoms with Crippen molar-refractivity contribution < 1.29 is 4.79 Å². The van der Waals surface area contributed by atoms with Crippen LogP contribution in [0.3, 0.4) is 0 Å². The molecule has 0 aliphatic carbocycles. The maximum absolute atomic E-state index is 11.4. The lowest BCUT2D eigenvalue weighted by Gasteiger charge is -2.37. The first kappa shape index (κ1) is 14.8. The van der Waals surface area contributed by atoms with E-state index in [0.29, 0.717) is 12.6 Å². The zero-order chi connectivity index (χ0) is 14.7. The summed E-state index contributed by atoms with van der Waals surface area (Å²) in [4.78, 5) is 18.1. The maximum Gasteiger partial charge on any atom is 0.222 e. The van der Waals surface area contributed by atoms with E-state index in [4.69, 9.17) is 5.73 Å². The van der Waals surface area contributed by atoms with E-state index in [1.54, 1.807) is 0 Å². The largest absolute Gasteiger partial charge is 0.369 e. The van der Waals surface area contributed by atoms with E-state index in [1.165, 1.54) is 0 Å². The fourth-order valence-electron chi connectivity index (χ4n) is 2.65. The average molecular weight is 276 g/mol. The van der Waals surface area contributed by atoms with E-state index in [1.807, 2.05) is 19.3 Å². The number of aromatic nitrogens is 1. The molecule has 20 heavy (non-hydrogen) atoms. The molecular weight excluding hydrogens is 252 g/mol. The van der Waals surface area contributed by atoms with Gasteiger partial charge in [-0.05, 0) is 45.4 Å². The van der Waals surface area contributed by atoms with Gasteiger partial charge < -0.3 is 16.0 Å². The lowest BCUT2D eigenvalue weighted by Crippen LogP contribution is -2.46. The number of hydrogen-bond donors (Lipinski definition) is 2. The second-order valence-corrected chi connectivity index (χ2v) is 5.64.